The van der Waals surface area contributed by atoms with Crippen molar-refractivity contribution < 1.29 is 9.18 Å². The average Bonchev–Trinajstić information content (AvgIpc) is 1.98. The summed E-state index contributed by atoms with van der Waals surface area (Å²) in [6, 6.07) is 0. The molecule has 0 aromatic heterocycles. The Bertz CT molecular complexity index is 245. The minimum absolute atomic E-state index is 0.105. The molecule has 0 aromatic rings. The molecule has 1 amide bonds. The number of carbonyl (C=O) groups is 1. The van der Waals surface area contributed by atoms with Crippen LogP contribution in [0.4, 0.5) is 4.39 Å². The molecular weight excluding hydrogens is 169 g/mol. The highest BCUT2D eigenvalue weighted by Gasteiger charge is 2.52. The van der Waals surface area contributed by atoms with Crippen LogP contribution in [0.2, 0.25) is 0 Å². The molecule has 0 bridgehead atoms. The van der Waals surface area contributed by atoms with Crippen LogP contribution in [0.3, 0.4) is 0 Å². The van der Waals surface area contributed by atoms with Gasteiger partial charge in [-0.25, -0.2) is 4.39 Å². The molecule has 1 aliphatic carbocycles. The maximum absolute atomic E-state index is 13.7. The number of likely N-dealkylation sites (tertiary alicyclic amines) is 1. The Morgan fingerprint density at radius 2 is 1.92 bits per heavy atom. The van der Waals surface area contributed by atoms with Gasteiger partial charge >= 0.3 is 0 Å². The SMILES string of the molecule is CC1(C)CCN1C(=O)C1(F)CCC1. The van der Waals surface area contributed by atoms with Crippen molar-refractivity contribution in [2.24, 2.45) is 0 Å². The molecule has 0 N–H and O–H groups in total. The summed E-state index contributed by atoms with van der Waals surface area (Å²) >= 11 is 0. The number of nitrogens with zero attached hydrogens (tertiary/aromatic N) is 1. The maximum Gasteiger partial charge on any atom is 0.260 e. The smallest absolute Gasteiger partial charge is 0.260 e. The van der Waals surface area contributed by atoms with Crippen LogP contribution in [0.1, 0.15) is 39.5 Å². The van der Waals surface area contributed by atoms with Crippen LogP contribution in [0.25, 0.3) is 0 Å². The summed E-state index contributed by atoms with van der Waals surface area (Å²) in [7, 11) is 0. The fourth-order valence-corrected chi connectivity index (χ4v) is 1.99. The second-order valence-corrected chi connectivity index (χ2v) is 4.84. The van der Waals surface area contributed by atoms with Crippen LogP contribution in [-0.2, 0) is 4.79 Å². The Kier molecular flexibility index (Phi) is 1.70. The van der Waals surface area contributed by atoms with Crippen molar-refractivity contribution in [2.75, 3.05) is 6.54 Å². The number of rotatable bonds is 1. The van der Waals surface area contributed by atoms with Gasteiger partial charge in [-0.2, -0.15) is 0 Å². The van der Waals surface area contributed by atoms with Crippen molar-refractivity contribution >= 4 is 5.91 Å². The predicted molar refractivity (Wildman–Crippen MR) is 48.1 cm³/mol. The van der Waals surface area contributed by atoms with Crippen molar-refractivity contribution in [2.45, 2.75) is 50.7 Å². The van der Waals surface area contributed by atoms with E-state index >= 15 is 0 Å². The van der Waals surface area contributed by atoms with Gasteiger partial charge in [0.1, 0.15) is 0 Å². The van der Waals surface area contributed by atoms with Gasteiger partial charge in [0.05, 0.1) is 0 Å². The molecule has 0 aromatic carbocycles. The Morgan fingerprint density at radius 1 is 1.31 bits per heavy atom. The van der Waals surface area contributed by atoms with E-state index in [4.69, 9.17) is 0 Å². The van der Waals surface area contributed by atoms with Gasteiger partial charge in [0.25, 0.3) is 5.91 Å². The van der Waals surface area contributed by atoms with Gasteiger partial charge < -0.3 is 4.90 Å². The minimum atomic E-state index is -1.50. The highest BCUT2D eigenvalue weighted by atomic mass is 19.1. The van der Waals surface area contributed by atoms with E-state index in [2.05, 4.69) is 0 Å². The van der Waals surface area contributed by atoms with Crippen LogP contribution in [0.5, 0.6) is 0 Å². The van der Waals surface area contributed by atoms with Crippen molar-refractivity contribution in [3.8, 4) is 0 Å². The van der Waals surface area contributed by atoms with Gasteiger partial charge in [-0.1, -0.05) is 0 Å². The first-order valence-electron chi connectivity index (χ1n) is 4.97. The van der Waals surface area contributed by atoms with E-state index in [1.165, 1.54) is 0 Å². The van der Waals surface area contributed by atoms with Crippen LogP contribution < -0.4 is 0 Å². The molecule has 1 heterocycles. The molecule has 3 heteroatoms. The average molecular weight is 185 g/mol. The third kappa shape index (κ3) is 1.17. The number of alkyl halides is 1. The van der Waals surface area contributed by atoms with E-state index in [1.807, 2.05) is 13.8 Å². The van der Waals surface area contributed by atoms with Gasteiger partial charge in [0, 0.05) is 12.1 Å². The summed E-state index contributed by atoms with van der Waals surface area (Å²) in [5.41, 5.74) is -1.61. The molecular formula is C10H16FNO. The molecule has 2 rings (SSSR count). The van der Waals surface area contributed by atoms with E-state index < -0.39 is 5.67 Å². The summed E-state index contributed by atoms with van der Waals surface area (Å²) in [5.74, 6) is -0.269. The van der Waals surface area contributed by atoms with Crippen molar-refractivity contribution in [1.29, 1.82) is 0 Å². The van der Waals surface area contributed by atoms with E-state index in [1.54, 1.807) is 4.90 Å². The number of carbonyl (C=O) groups excluding carboxylic acids is 1. The fraction of sp³-hybridized carbons (Fsp3) is 0.900. The number of halogens is 1. The van der Waals surface area contributed by atoms with Gasteiger partial charge in [0.2, 0.25) is 0 Å². The molecule has 0 unspecified atom stereocenters. The Morgan fingerprint density at radius 3 is 2.15 bits per heavy atom. The molecule has 0 spiro atoms. The zero-order chi connectivity index (χ0) is 9.69. The lowest BCUT2D eigenvalue weighted by Gasteiger charge is -2.52. The second kappa shape index (κ2) is 2.46. The Labute approximate surface area is 78.1 Å². The van der Waals surface area contributed by atoms with E-state index in [9.17, 15) is 9.18 Å². The van der Waals surface area contributed by atoms with E-state index in [0.717, 1.165) is 19.4 Å². The molecule has 2 nitrogen and oxygen atoms in total. The summed E-state index contributed by atoms with van der Waals surface area (Å²) in [6.45, 7) is 4.73. The van der Waals surface area contributed by atoms with Crippen molar-refractivity contribution in [3.05, 3.63) is 0 Å². The van der Waals surface area contributed by atoms with Crippen molar-refractivity contribution in [1.82, 2.24) is 4.90 Å². The summed E-state index contributed by atoms with van der Waals surface area (Å²) < 4.78 is 13.7. The number of amides is 1. The summed E-state index contributed by atoms with van der Waals surface area (Å²) in [5, 5.41) is 0. The van der Waals surface area contributed by atoms with Gasteiger partial charge in [0.15, 0.2) is 5.67 Å². The lowest BCUT2D eigenvalue weighted by molar-refractivity contribution is -0.164. The fourth-order valence-electron chi connectivity index (χ4n) is 1.99. The molecule has 13 heavy (non-hydrogen) atoms. The first kappa shape index (κ1) is 8.97. The third-order valence-electron chi connectivity index (χ3n) is 3.45. The number of hydrogen-bond acceptors (Lipinski definition) is 1. The first-order valence-corrected chi connectivity index (χ1v) is 4.97. The zero-order valence-corrected chi connectivity index (χ0v) is 8.27. The second-order valence-electron chi connectivity index (χ2n) is 4.84. The standard InChI is InChI=1S/C10H16FNO/c1-9(2)6-7-12(9)8(13)10(11)4-3-5-10/h3-7H2,1-2H3. The molecule has 1 aliphatic heterocycles. The largest absolute Gasteiger partial charge is 0.335 e. The predicted octanol–water partition coefficient (Wildman–Crippen LogP) is 1.89. The molecule has 1 saturated heterocycles. The van der Waals surface area contributed by atoms with Gasteiger partial charge in [-0.05, 0) is 39.5 Å². The highest BCUT2D eigenvalue weighted by molar-refractivity contribution is 5.87. The van der Waals surface area contributed by atoms with E-state index in [-0.39, 0.29) is 11.4 Å². The molecule has 74 valence electrons. The van der Waals surface area contributed by atoms with E-state index in [0.29, 0.717) is 12.8 Å². The van der Waals surface area contributed by atoms with Gasteiger partial charge in [-0.15, -0.1) is 0 Å². The normalized spacial score (nSPS) is 29.0. The maximum atomic E-state index is 13.7. The summed E-state index contributed by atoms with van der Waals surface area (Å²) in [4.78, 5) is 13.4. The summed E-state index contributed by atoms with van der Waals surface area (Å²) in [6.07, 6.45) is 2.71. The van der Waals surface area contributed by atoms with Crippen molar-refractivity contribution in [3.63, 3.8) is 0 Å². The molecule has 1 saturated carbocycles. The van der Waals surface area contributed by atoms with Crippen LogP contribution in [-0.4, -0.2) is 28.6 Å². The molecule has 0 atom stereocenters. The third-order valence-corrected chi connectivity index (χ3v) is 3.45. The van der Waals surface area contributed by atoms with Crippen LogP contribution in [0, 0.1) is 0 Å². The van der Waals surface area contributed by atoms with Gasteiger partial charge in [-0.3, -0.25) is 4.79 Å². The Hall–Kier alpha value is -0.600. The molecule has 0 radical (unpaired) electrons. The zero-order valence-electron chi connectivity index (χ0n) is 8.27. The lowest BCUT2D eigenvalue weighted by atomic mass is 9.78. The minimum Gasteiger partial charge on any atom is -0.335 e. The first-order chi connectivity index (χ1) is 5.96. The molecule has 2 fully saturated rings. The highest BCUT2D eigenvalue weighted by Crippen LogP contribution is 2.41. The monoisotopic (exact) mass is 185 g/mol. The van der Waals surface area contributed by atoms with Crippen LogP contribution in [0.15, 0.2) is 0 Å². The van der Waals surface area contributed by atoms with Crippen LogP contribution >= 0.6 is 0 Å². The lowest BCUT2D eigenvalue weighted by Crippen LogP contribution is -2.64. The Balaban J connectivity index is 2.05. The topological polar surface area (TPSA) is 20.3 Å². The number of hydrogen-bond donors (Lipinski definition) is 0. The quantitative estimate of drug-likeness (QED) is 0.611. The molecule has 2 aliphatic rings.